The van der Waals surface area contributed by atoms with Crippen molar-refractivity contribution in [2.24, 2.45) is 17.6 Å². The van der Waals surface area contributed by atoms with Crippen molar-refractivity contribution in [2.45, 2.75) is 46.1 Å². The predicted octanol–water partition coefficient (Wildman–Crippen LogP) is 1.57. The lowest BCUT2D eigenvalue weighted by molar-refractivity contribution is 0.376. The monoisotopic (exact) mass is 251 g/mol. The molecule has 0 spiro atoms. The minimum atomic E-state index is 0.233. The summed E-state index contributed by atoms with van der Waals surface area (Å²) in [5.41, 5.74) is 6.10. The van der Waals surface area contributed by atoms with E-state index in [0.29, 0.717) is 11.8 Å². The Labute approximate surface area is 109 Å². The smallest absolute Gasteiger partial charge is 0.244 e. The number of anilines is 1. The summed E-state index contributed by atoms with van der Waals surface area (Å²) in [5.74, 6) is 3.10. The number of aromatic amines is 1. The molecule has 18 heavy (non-hydrogen) atoms. The van der Waals surface area contributed by atoms with Gasteiger partial charge in [0.15, 0.2) is 0 Å². The number of nitrogens with zero attached hydrogens (tertiary/aromatic N) is 3. The van der Waals surface area contributed by atoms with E-state index in [4.69, 9.17) is 5.73 Å². The Morgan fingerprint density at radius 3 is 2.94 bits per heavy atom. The first-order valence-corrected chi connectivity index (χ1v) is 6.98. The van der Waals surface area contributed by atoms with Gasteiger partial charge in [-0.2, -0.15) is 4.98 Å². The van der Waals surface area contributed by atoms with Crippen LogP contribution in [0.3, 0.4) is 0 Å². The van der Waals surface area contributed by atoms with E-state index < -0.39 is 0 Å². The molecule has 102 valence electrons. The maximum absolute atomic E-state index is 6.10. The van der Waals surface area contributed by atoms with Gasteiger partial charge in [0.1, 0.15) is 5.82 Å². The molecule has 0 amide bonds. The molecule has 0 saturated carbocycles. The van der Waals surface area contributed by atoms with E-state index >= 15 is 0 Å². The molecule has 2 heterocycles. The van der Waals surface area contributed by atoms with Gasteiger partial charge in [0.2, 0.25) is 5.95 Å². The lowest BCUT2D eigenvalue weighted by Crippen LogP contribution is -2.48. The van der Waals surface area contributed by atoms with Gasteiger partial charge in [-0.15, -0.1) is 5.10 Å². The number of hydrogen-bond donors (Lipinski definition) is 2. The molecule has 2 unspecified atom stereocenters. The molecule has 2 atom stereocenters. The number of piperidine rings is 1. The first-order valence-electron chi connectivity index (χ1n) is 6.98. The van der Waals surface area contributed by atoms with Gasteiger partial charge >= 0.3 is 0 Å². The molecule has 3 N–H and O–H groups in total. The third kappa shape index (κ3) is 3.22. The first-order chi connectivity index (χ1) is 8.56. The normalized spacial score (nSPS) is 24.8. The molecule has 1 fully saturated rings. The summed E-state index contributed by atoms with van der Waals surface area (Å²) in [7, 11) is 0. The summed E-state index contributed by atoms with van der Waals surface area (Å²) >= 11 is 0. The van der Waals surface area contributed by atoms with Crippen LogP contribution >= 0.6 is 0 Å². The molecule has 2 rings (SSSR count). The average molecular weight is 251 g/mol. The largest absolute Gasteiger partial charge is 0.338 e. The molecule has 0 aromatic carbocycles. The van der Waals surface area contributed by atoms with Crippen LogP contribution in [-0.2, 0) is 6.42 Å². The van der Waals surface area contributed by atoms with E-state index in [1.165, 1.54) is 0 Å². The number of H-pyrrole nitrogens is 1. The Kier molecular flexibility index (Phi) is 4.22. The maximum Gasteiger partial charge on any atom is 0.244 e. The Morgan fingerprint density at radius 1 is 1.50 bits per heavy atom. The van der Waals surface area contributed by atoms with Gasteiger partial charge < -0.3 is 10.6 Å². The maximum atomic E-state index is 6.10. The summed E-state index contributed by atoms with van der Waals surface area (Å²) in [6.07, 6.45) is 3.24. The third-order valence-corrected chi connectivity index (χ3v) is 3.78. The van der Waals surface area contributed by atoms with E-state index in [0.717, 1.165) is 44.1 Å². The number of aryl methyl sites for hydroxylation is 1. The van der Waals surface area contributed by atoms with E-state index in [1.54, 1.807) is 0 Å². The number of rotatable bonds is 4. The second-order valence-electron chi connectivity index (χ2n) is 5.89. The second-order valence-corrected chi connectivity index (χ2v) is 5.89. The molecule has 0 bridgehead atoms. The van der Waals surface area contributed by atoms with Gasteiger partial charge in [-0.05, 0) is 24.7 Å². The zero-order chi connectivity index (χ0) is 13.1. The van der Waals surface area contributed by atoms with Crippen LogP contribution in [0, 0.1) is 11.8 Å². The van der Waals surface area contributed by atoms with Crippen LogP contribution in [-0.4, -0.2) is 34.3 Å². The van der Waals surface area contributed by atoms with Gasteiger partial charge in [0.25, 0.3) is 0 Å². The molecule has 0 aliphatic carbocycles. The first kappa shape index (κ1) is 13.3. The van der Waals surface area contributed by atoms with Crippen molar-refractivity contribution in [3.8, 4) is 0 Å². The minimum absolute atomic E-state index is 0.233. The zero-order valence-corrected chi connectivity index (χ0v) is 11.7. The predicted molar refractivity (Wildman–Crippen MR) is 73.5 cm³/mol. The molecular formula is C13H25N5. The van der Waals surface area contributed by atoms with Crippen LogP contribution in [0.4, 0.5) is 5.95 Å². The fraction of sp³-hybridized carbons (Fsp3) is 0.846. The summed E-state index contributed by atoms with van der Waals surface area (Å²) in [6, 6.07) is 0.233. The van der Waals surface area contributed by atoms with Crippen LogP contribution in [0.25, 0.3) is 0 Å². The van der Waals surface area contributed by atoms with Crippen molar-refractivity contribution in [1.29, 1.82) is 0 Å². The Morgan fingerprint density at radius 2 is 2.28 bits per heavy atom. The number of hydrogen-bond acceptors (Lipinski definition) is 4. The third-order valence-electron chi connectivity index (χ3n) is 3.78. The zero-order valence-electron chi connectivity index (χ0n) is 11.7. The summed E-state index contributed by atoms with van der Waals surface area (Å²) in [4.78, 5) is 6.76. The molecule has 5 nitrogen and oxygen atoms in total. The lowest BCUT2D eigenvalue weighted by Gasteiger charge is -2.34. The summed E-state index contributed by atoms with van der Waals surface area (Å²) in [5, 5.41) is 7.35. The highest BCUT2D eigenvalue weighted by Crippen LogP contribution is 2.19. The lowest BCUT2D eigenvalue weighted by atomic mass is 9.95. The topological polar surface area (TPSA) is 70.8 Å². The van der Waals surface area contributed by atoms with E-state index in [9.17, 15) is 0 Å². The Hall–Kier alpha value is -1.10. The van der Waals surface area contributed by atoms with Gasteiger partial charge in [0, 0.05) is 25.6 Å². The molecule has 1 aliphatic rings. The highest BCUT2D eigenvalue weighted by atomic mass is 15.4. The van der Waals surface area contributed by atoms with Gasteiger partial charge in [-0.3, -0.25) is 5.10 Å². The fourth-order valence-electron chi connectivity index (χ4n) is 2.24. The average Bonchev–Trinajstić information content (AvgIpc) is 2.79. The highest BCUT2D eigenvalue weighted by molar-refractivity contribution is 5.30. The molecule has 1 aliphatic heterocycles. The van der Waals surface area contributed by atoms with Crippen molar-refractivity contribution < 1.29 is 0 Å². The molecule has 1 saturated heterocycles. The Bertz CT molecular complexity index is 373. The van der Waals surface area contributed by atoms with Crippen molar-refractivity contribution in [3.63, 3.8) is 0 Å². The number of aromatic nitrogens is 3. The van der Waals surface area contributed by atoms with Crippen molar-refractivity contribution in [1.82, 2.24) is 15.2 Å². The van der Waals surface area contributed by atoms with Crippen molar-refractivity contribution >= 4 is 5.95 Å². The SMILES string of the molecule is CC(C)CCc1nc(N2CCC(C)C(N)C2)n[nH]1. The van der Waals surface area contributed by atoms with Gasteiger partial charge in [0.05, 0.1) is 0 Å². The quantitative estimate of drug-likeness (QED) is 0.852. The van der Waals surface area contributed by atoms with Gasteiger partial charge in [-0.1, -0.05) is 20.8 Å². The Balaban J connectivity index is 1.93. The number of nitrogens with two attached hydrogens (primary N) is 1. The summed E-state index contributed by atoms with van der Waals surface area (Å²) in [6.45, 7) is 8.54. The number of nitrogens with one attached hydrogen (secondary N) is 1. The van der Waals surface area contributed by atoms with Crippen LogP contribution in [0.2, 0.25) is 0 Å². The van der Waals surface area contributed by atoms with Crippen molar-refractivity contribution in [2.75, 3.05) is 18.0 Å². The van der Waals surface area contributed by atoms with Crippen LogP contribution in [0.15, 0.2) is 0 Å². The minimum Gasteiger partial charge on any atom is -0.338 e. The van der Waals surface area contributed by atoms with E-state index in [2.05, 4.69) is 40.9 Å². The molecule has 1 aromatic rings. The van der Waals surface area contributed by atoms with Crippen LogP contribution < -0.4 is 10.6 Å². The fourth-order valence-corrected chi connectivity index (χ4v) is 2.24. The molecular weight excluding hydrogens is 226 g/mol. The molecule has 0 radical (unpaired) electrons. The van der Waals surface area contributed by atoms with Gasteiger partial charge in [-0.25, -0.2) is 0 Å². The van der Waals surface area contributed by atoms with E-state index in [-0.39, 0.29) is 6.04 Å². The molecule has 1 aromatic heterocycles. The van der Waals surface area contributed by atoms with Crippen molar-refractivity contribution in [3.05, 3.63) is 5.82 Å². The van der Waals surface area contributed by atoms with Crippen LogP contribution in [0.5, 0.6) is 0 Å². The standard InChI is InChI=1S/C13H25N5/c1-9(2)4-5-12-15-13(17-16-12)18-7-6-10(3)11(14)8-18/h9-11H,4-8,14H2,1-3H3,(H,15,16,17). The second kappa shape index (κ2) is 5.69. The highest BCUT2D eigenvalue weighted by Gasteiger charge is 2.25. The van der Waals surface area contributed by atoms with Crippen LogP contribution in [0.1, 0.15) is 39.4 Å². The molecule has 5 heteroatoms. The van der Waals surface area contributed by atoms with E-state index in [1.807, 2.05) is 0 Å². The summed E-state index contributed by atoms with van der Waals surface area (Å²) < 4.78 is 0.